The van der Waals surface area contributed by atoms with E-state index in [1.165, 1.54) is 13.2 Å². The Kier molecular flexibility index (Phi) is 8.96. The maximum atomic E-state index is 12.3. The van der Waals surface area contributed by atoms with Gasteiger partial charge in [0.1, 0.15) is 6.61 Å². The number of rotatable bonds is 9. The average Bonchev–Trinajstić information content (AvgIpc) is 2.83. The molecule has 0 aliphatic rings. The van der Waals surface area contributed by atoms with E-state index in [9.17, 15) is 9.59 Å². The van der Waals surface area contributed by atoms with Gasteiger partial charge in [-0.2, -0.15) is 0 Å². The van der Waals surface area contributed by atoms with Crippen LogP contribution in [0.15, 0.2) is 66.7 Å². The molecule has 0 spiro atoms. The number of anilines is 1. The van der Waals surface area contributed by atoms with E-state index in [2.05, 4.69) is 5.32 Å². The van der Waals surface area contributed by atoms with Gasteiger partial charge < -0.3 is 19.5 Å². The lowest BCUT2D eigenvalue weighted by molar-refractivity contribution is -0.111. The summed E-state index contributed by atoms with van der Waals surface area (Å²) in [5.41, 5.74) is 2.40. The Morgan fingerprint density at radius 3 is 2.32 bits per heavy atom. The number of halogens is 2. The van der Waals surface area contributed by atoms with Crippen molar-refractivity contribution in [2.75, 3.05) is 19.0 Å². The first-order valence-corrected chi connectivity index (χ1v) is 11.2. The van der Waals surface area contributed by atoms with Gasteiger partial charge in [-0.1, -0.05) is 35.3 Å². The zero-order chi connectivity index (χ0) is 24.5. The van der Waals surface area contributed by atoms with Crippen LogP contribution < -0.4 is 14.8 Å². The summed E-state index contributed by atoms with van der Waals surface area (Å²) in [7, 11) is 1.53. The van der Waals surface area contributed by atoms with Crippen molar-refractivity contribution in [3.05, 3.63) is 93.5 Å². The quantitative estimate of drug-likeness (QED) is 0.272. The van der Waals surface area contributed by atoms with Gasteiger partial charge in [0.25, 0.3) is 0 Å². The molecule has 0 fully saturated rings. The number of amides is 1. The lowest BCUT2D eigenvalue weighted by atomic mass is 10.1. The highest BCUT2D eigenvalue weighted by Gasteiger charge is 2.10. The van der Waals surface area contributed by atoms with Crippen LogP contribution in [-0.4, -0.2) is 25.6 Å². The van der Waals surface area contributed by atoms with Crippen LogP contribution >= 0.6 is 23.2 Å². The van der Waals surface area contributed by atoms with Crippen molar-refractivity contribution in [2.45, 2.75) is 13.5 Å². The minimum absolute atomic E-state index is 0.182. The summed E-state index contributed by atoms with van der Waals surface area (Å²) in [5, 5.41) is 3.78. The number of carbonyl (C=O) groups excluding carboxylic acids is 2. The molecule has 0 saturated carbocycles. The Hall–Kier alpha value is -3.48. The molecule has 8 heteroatoms. The zero-order valence-electron chi connectivity index (χ0n) is 18.6. The Morgan fingerprint density at radius 1 is 0.971 bits per heavy atom. The molecule has 0 heterocycles. The molecule has 0 atom stereocenters. The molecule has 0 radical (unpaired) electrons. The van der Waals surface area contributed by atoms with Gasteiger partial charge in [0.2, 0.25) is 5.91 Å². The minimum atomic E-state index is -0.406. The average molecular weight is 500 g/mol. The molecule has 0 aliphatic heterocycles. The van der Waals surface area contributed by atoms with Crippen LogP contribution in [-0.2, 0) is 16.1 Å². The van der Waals surface area contributed by atoms with Gasteiger partial charge >= 0.3 is 5.97 Å². The van der Waals surface area contributed by atoms with Crippen LogP contribution in [0.2, 0.25) is 10.0 Å². The Balaban J connectivity index is 1.62. The maximum absolute atomic E-state index is 12.3. The Labute approximate surface area is 208 Å². The molecule has 176 valence electrons. The number of esters is 1. The predicted octanol–water partition coefficient (Wildman–Crippen LogP) is 6.41. The van der Waals surface area contributed by atoms with Crippen molar-refractivity contribution < 1.29 is 23.8 Å². The maximum Gasteiger partial charge on any atom is 0.338 e. The predicted molar refractivity (Wildman–Crippen MR) is 134 cm³/mol. The molecular formula is C26H23Cl2NO5. The Bertz CT molecular complexity index is 1170. The third-order valence-electron chi connectivity index (χ3n) is 4.71. The topological polar surface area (TPSA) is 73.9 Å². The van der Waals surface area contributed by atoms with Crippen LogP contribution in [0.3, 0.4) is 0 Å². The van der Waals surface area contributed by atoms with Gasteiger partial charge in [-0.15, -0.1) is 0 Å². The molecule has 34 heavy (non-hydrogen) atoms. The van der Waals surface area contributed by atoms with E-state index >= 15 is 0 Å². The zero-order valence-corrected chi connectivity index (χ0v) is 20.2. The molecule has 1 amide bonds. The third kappa shape index (κ3) is 6.76. The van der Waals surface area contributed by atoms with E-state index in [4.69, 9.17) is 37.4 Å². The number of benzene rings is 3. The fraction of sp³-hybridized carbons (Fsp3) is 0.154. The fourth-order valence-corrected chi connectivity index (χ4v) is 3.49. The molecule has 0 aromatic heterocycles. The van der Waals surface area contributed by atoms with E-state index in [0.717, 1.165) is 5.56 Å². The van der Waals surface area contributed by atoms with Gasteiger partial charge in [-0.25, -0.2) is 4.79 Å². The van der Waals surface area contributed by atoms with E-state index in [0.29, 0.717) is 45.0 Å². The van der Waals surface area contributed by atoms with Crippen LogP contribution in [0.25, 0.3) is 6.08 Å². The lowest BCUT2D eigenvalue weighted by Crippen LogP contribution is -2.08. The molecule has 3 rings (SSSR count). The van der Waals surface area contributed by atoms with Crippen molar-refractivity contribution in [2.24, 2.45) is 0 Å². The van der Waals surface area contributed by atoms with Crippen LogP contribution in [0, 0.1) is 0 Å². The standard InChI is InChI=1S/C26H23Cl2NO5/c1-3-33-26(31)18-9-11-19(12-10-18)29-25(30)14-8-17-7-13-23(24(15-17)32-2)34-16-20-21(27)5-4-6-22(20)28/h4-15H,3,16H2,1-2H3,(H,29,30). The van der Waals surface area contributed by atoms with Crippen molar-refractivity contribution in [1.82, 2.24) is 0 Å². The third-order valence-corrected chi connectivity index (χ3v) is 5.42. The highest BCUT2D eigenvalue weighted by atomic mass is 35.5. The van der Waals surface area contributed by atoms with E-state index in [1.54, 1.807) is 73.7 Å². The van der Waals surface area contributed by atoms with Gasteiger partial charge in [0, 0.05) is 27.4 Å². The number of ether oxygens (including phenoxy) is 3. The lowest BCUT2D eigenvalue weighted by Gasteiger charge is -2.13. The number of carbonyl (C=O) groups is 2. The van der Waals surface area contributed by atoms with Gasteiger partial charge in [-0.05, 0) is 67.1 Å². The summed E-state index contributed by atoms with van der Waals surface area (Å²) in [6.07, 6.45) is 3.05. The first-order valence-electron chi connectivity index (χ1n) is 10.4. The highest BCUT2D eigenvalue weighted by Crippen LogP contribution is 2.31. The number of nitrogens with one attached hydrogen (secondary N) is 1. The minimum Gasteiger partial charge on any atom is -0.493 e. The second-order valence-corrected chi connectivity index (χ2v) is 7.83. The van der Waals surface area contributed by atoms with Crippen LogP contribution in [0.4, 0.5) is 5.69 Å². The Morgan fingerprint density at radius 2 is 1.68 bits per heavy atom. The smallest absolute Gasteiger partial charge is 0.338 e. The second kappa shape index (κ2) is 12.1. The molecule has 6 nitrogen and oxygen atoms in total. The summed E-state index contributed by atoms with van der Waals surface area (Å²) in [6.45, 7) is 2.23. The van der Waals surface area contributed by atoms with Crippen molar-refractivity contribution >= 4 is 46.8 Å². The molecule has 1 N–H and O–H groups in total. The van der Waals surface area contributed by atoms with E-state index in [-0.39, 0.29) is 12.5 Å². The largest absolute Gasteiger partial charge is 0.493 e. The monoisotopic (exact) mass is 499 g/mol. The molecule has 0 bridgehead atoms. The summed E-state index contributed by atoms with van der Waals surface area (Å²) < 4.78 is 16.2. The molecule has 3 aromatic carbocycles. The van der Waals surface area contributed by atoms with Gasteiger partial charge in [0.05, 0.1) is 19.3 Å². The molecule has 0 aliphatic carbocycles. The van der Waals surface area contributed by atoms with Crippen LogP contribution in [0.1, 0.15) is 28.4 Å². The van der Waals surface area contributed by atoms with Crippen molar-refractivity contribution in [3.63, 3.8) is 0 Å². The first-order chi connectivity index (χ1) is 16.4. The summed E-state index contributed by atoms with van der Waals surface area (Å²) in [6, 6.07) is 17.0. The number of hydrogen-bond acceptors (Lipinski definition) is 5. The normalized spacial score (nSPS) is 10.7. The van der Waals surface area contributed by atoms with Gasteiger partial charge in [0.15, 0.2) is 11.5 Å². The first kappa shape index (κ1) is 25.1. The highest BCUT2D eigenvalue weighted by molar-refractivity contribution is 6.35. The van der Waals surface area contributed by atoms with Crippen molar-refractivity contribution in [1.29, 1.82) is 0 Å². The van der Waals surface area contributed by atoms with Gasteiger partial charge in [-0.3, -0.25) is 4.79 Å². The summed E-state index contributed by atoms with van der Waals surface area (Å²) in [4.78, 5) is 24.0. The summed E-state index contributed by atoms with van der Waals surface area (Å²) >= 11 is 12.4. The molecule has 0 saturated heterocycles. The fourth-order valence-electron chi connectivity index (χ4n) is 2.99. The summed E-state index contributed by atoms with van der Waals surface area (Å²) in [5.74, 6) is 0.287. The second-order valence-electron chi connectivity index (χ2n) is 7.02. The van der Waals surface area contributed by atoms with Crippen LogP contribution in [0.5, 0.6) is 11.5 Å². The SMILES string of the molecule is CCOC(=O)c1ccc(NC(=O)C=Cc2ccc(OCc3c(Cl)cccc3Cl)c(OC)c2)cc1. The number of hydrogen-bond donors (Lipinski definition) is 1. The number of methoxy groups -OCH3 is 1. The molecular weight excluding hydrogens is 477 g/mol. The van der Waals surface area contributed by atoms with E-state index in [1.807, 2.05) is 0 Å². The molecule has 0 unspecified atom stereocenters. The van der Waals surface area contributed by atoms with Crippen molar-refractivity contribution in [3.8, 4) is 11.5 Å². The molecule has 3 aromatic rings. The van der Waals surface area contributed by atoms with E-state index < -0.39 is 5.97 Å².